The molecular formula is C28H17ClF3NO4. The van der Waals surface area contributed by atoms with Crippen molar-refractivity contribution in [1.82, 2.24) is 0 Å². The van der Waals surface area contributed by atoms with Crippen LogP contribution in [0.5, 0.6) is 5.75 Å². The molecule has 1 N–H and O–H groups in total. The minimum absolute atomic E-state index is 0.0473. The molecule has 9 heteroatoms. The number of carbonyl (C=O) groups excluding carboxylic acids is 1. The van der Waals surface area contributed by atoms with E-state index in [2.05, 4.69) is 5.32 Å². The molecule has 0 bridgehead atoms. The van der Waals surface area contributed by atoms with Crippen LogP contribution >= 0.6 is 11.6 Å². The van der Waals surface area contributed by atoms with Crippen molar-refractivity contribution < 1.29 is 27.1 Å². The smallest absolute Gasteiger partial charge is 0.450 e. The zero-order chi connectivity index (χ0) is 26.2. The molecule has 0 saturated heterocycles. The molecule has 0 saturated carbocycles. The fourth-order valence-corrected chi connectivity index (χ4v) is 4.16. The topological polar surface area (TPSA) is 68.5 Å². The van der Waals surface area contributed by atoms with E-state index in [0.29, 0.717) is 21.5 Å². The van der Waals surface area contributed by atoms with Crippen molar-refractivity contribution >= 4 is 44.9 Å². The summed E-state index contributed by atoms with van der Waals surface area (Å²) in [5.41, 5.74) is -1.07. The lowest BCUT2D eigenvalue weighted by Crippen LogP contribution is -2.20. The number of carbonyl (C=O) groups is 1. The lowest BCUT2D eigenvalue weighted by atomic mass is 9.96. The van der Waals surface area contributed by atoms with Crippen LogP contribution < -0.4 is 15.5 Å². The van der Waals surface area contributed by atoms with E-state index < -0.39 is 35.4 Å². The van der Waals surface area contributed by atoms with Crippen LogP contribution in [0.15, 0.2) is 94.1 Å². The van der Waals surface area contributed by atoms with Gasteiger partial charge in [0.1, 0.15) is 11.3 Å². The summed E-state index contributed by atoms with van der Waals surface area (Å²) < 4.78 is 53.0. The third-order valence-corrected chi connectivity index (χ3v) is 5.93. The predicted molar refractivity (Wildman–Crippen MR) is 136 cm³/mol. The second kappa shape index (κ2) is 9.63. The summed E-state index contributed by atoms with van der Waals surface area (Å²) in [7, 11) is 0. The van der Waals surface area contributed by atoms with Crippen molar-refractivity contribution in [3.05, 3.63) is 106 Å². The summed E-state index contributed by atoms with van der Waals surface area (Å²) in [6, 6.07) is 22.0. The first-order chi connectivity index (χ1) is 17.7. The van der Waals surface area contributed by atoms with E-state index in [1.807, 2.05) is 0 Å². The van der Waals surface area contributed by atoms with Gasteiger partial charge >= 0.3 is 6.18 Å². The van der Waals surface area contributed by atoms with Crippen molar-refractivity contribution in [3.8, 4) is 16.9 Å². The maximum Gasteiger partial charge on any atom is 0.450 e. The summed E-state index contributed by atoms with van der Waals surface area (Å²) in [4.78, 5) is 25.6. The maximum absolute atomic E-state index is 14.1. The van der Waals surface area contributed by atoms with Crippen molar-refractivity contribution in [2.24, 2.45) is 0 Å². The lowest BCUT2D eigenvalue weighted by molar-refractivity contribution is -0.152. The molecule has 0 atom stereocenters. The summed E-state index contributed by atoms with van der Waals surface area (Å²) >= 11 is 5.82. The van der Waals surface area contributed by atoms with Crippen LogP contribution in [0.1, 0.15) is 5.76 Å². The Morgan fingerprint density at radius 3 is 2.41 bits per heavy atom. The van der Waals surface area contributed by atoms with Crippen LogP contribution in [0.3, 0.4) is 0 Å². The van der Waals surface area contributed by atoms with Crippen molar-refractivity contribution in [1.29, 1.82) is 0 Å². The number of anilines is 1. The minimum atomic E-state index is -4.94. The number of rotatable bonds is 5. The number of fused-ring (bicyclic) bond motifs is 2. The summed E-state index contributed by atoms with van der Waals surface area (Å²) in [5, 5.41) is 4.25. The highest BCUT2D eigenvalue weighted by molar-refractivity contribution is 6.30. The first-order valence-electron chi connectivity index (χ1n) is 11.0. The third kappa shape index (κ3) is 5.01. The quantitative estimate of drug-likeness (QED) is 0.262. The average Bonchev–Trinajstić information content (AvgIpc) is 2.88. The average molecular weight is 524 g/mol. The van der Waals surface area contributed by atoms with Gasteiger partial charge in [-0.25, -0.2) is 0 Å². The zero-order valence-electron chi connectivity index (χ0n) is 18.9. The first-order valence-corrected chi connectivity index (χ1v) is 11.4. The first kappa shape index (κ1) is 24.4. The molecule has 0 unspecified atom stereocenters. The van der Waals surface area contributed by atoms with Crippen LogP contribution in [0.25, 0.3) is 32.9 Å². The molecule has 0 aliphatic carbocycles. The van der Waals surface area contributed by atoms with Gasteiger partial charge in [0, 0.05) is 16.8 Å². The van der Waals surface area contributed by atoms with Gasteiger partial charge in [-0.3, -0.25) is 9.59 Å². The molecular weight excluding hydrogens is 507 g/mol. The molecule has 0 spiro atoms. The van der Waals surface area contributed by atoms with Crippen LogP contribution in [-0.4, -0.2) is 12.5 Å². The van der Waals surface area contributed by atoms with Gasteiger partial charge in [-0.2, -0.15) is 13.2 Å². The maximum atomic E-state index is 14.1. The Kier molecular flexibility index (Phi) is 6.35. The van der Waals surface area contributed by atoms with Gasteiger partial charge in [-0.1, -0.05) is 54.1 Å². The van der Waals surface area contributed by atoms with E-state index >= 15 is 0 Å². The van der Waals surface area contributed by atoms with Crippen molar-refractivity contribution in [2.75, 3.05) is 11.9 Å². The summed E-state index contributed by atoms with van der Waals surface area (Å²) in [6.45, 7) is -0.418. The molecule has 0 fully saturated rings. The van der Waals surface area contributed by atoms with Gasteiger partial charge in [0.05, 0.1) is 10.9 Å². The molecule has 0 aliphatic heterocycles. The molecule has 5 nitrogen and oxygen atoms in total. The van der Waals surface area contributed by atoms with Crippen LogP contribution in [0, 0.1) is 0 Å². The number of hydrogen-bond donors (Lipinski definition) is 1. The third-order valence-electron chi connectivity index (χ3n) is 5.68. The van der Waals surface area contributed by atoms with Gasteiger partial charge in [0.2, 0.25) is 11.2 Å². The predicted octanol–water partition coefficient (Wildman–Crippen LogP) is 7.30. The Balaban J connectivity index is 1.51. The number of ether oxygens (including phenoxy) is 1. The Bertz CT molecular complexity index is 1690. The highest BCUT2D eigenvalue weighted by Crippen LogP contribution is 2.39. The molecule has 186 valence electrons. The van der Waals surface area contributed by atoms with Crippen LogP contribution in [0.4, 0.5) is 18.9 Å². The number of hydrogen-bond acceptors (Lipinski definition) is 4. The van der Waals surface area contributed by atoms with Gasteiger partial charge in [0.15, 0.2) is 6.61 Å². The van der Waals surface area contributed by atoms with Gasteiger partial charge in [-0.05, 0) is 52.7 Å². The molecule has 0 radical (unpaired) electrons. The highest BCUT2D eigenvalue weighted by Gasteiger charge is 2.39. The molecule has 1 amide bonds. The molecule has 4 aromatic carbocycles. The van der Waals surface area contributed by atoms with E-state index in [1.54, 1.807) is 60.7 Å². The van der Waals surface area contributed by atoms with E-state index in [9.17, 15) is 22.8 Å². The minimum Gasteiger partial charge on any atom is -0.484 e. The SMILES string of the molecule is O=C(COc1ccc2c(=O)c(-c3cccc4ccccc34)c(C(F)(F)F)oc2c1)Nc1ccc(Cl)cc1. The van der Waals surface area contributed by atoms with E-state index in [-0.39, 0.29) is 22.3 Å². The Morgan fingerprint density at radius 2 is 1.65 bits per heavy atom. The Morgan fingerprint density at radius 1 is 0.919 bits per heavy atom. The number of nitrogens with one attached hydrogen (secondary N) is 1. The van der Waals surface area contributed by atoms with Gasteiger partial charge in [-0.15, -0.1) is 0 Å². The molecule has 1 aromatic heterocycles. The van der Waals surface area contributed by atoms with Crippen molar-refractivity contribution in [3.63, 3.8) is 0 Å². The van der Waals surface area contributed by atoms with E-state index in [0.717, 1.165) is 6.07 Å². The molecule has 1 heterocycles. The van der Waals surface area contributed by atoms with Gasteiger partial charge < -0.3 is 14.5 Å². The summed E-state index contributed by atoms with van der Waals surface area (Å²) in [5.74, 6) is -1.84. The van der Waals surface area contributed by atoms with Crippen LogP contribution in [0.2, 0.25) is 5.02 Å². The van der Waals surface area contributed by atoms with Crippen LogP contribution in [-0.2, 0) is 11.0 Å². The Labute approximate surface area is 213 Å². The molecule has 5 rings (SSSR count). The Hall–Kier alpha value is -4.30. The fourth-order valence-electron chi connectivity index (χ4n) is 4.03. The number of halogens is 4. The number of alkyl halides is 3. The summed E-state index contributed by atoms with van der Waals surface area (Å²) in [6.07, 6.45) is -4.94. The number of amides is 1. The van der Waals surface area contributed by atoms with Gasteiger partial charge in [0.25, 0.3) is 5.91 Å². The molecule has 5 aromatic rings. The van der Waals surface area contributed by atoms with E-state index in [1.165, 1.54) is 18.2 Å². The number of benzene rings is 4. The second-order valence-electron chi connectivity index (χ2n) is 8.16. The normalized spacial score (nSPS) is 11.6. The molecule has 0 aliphatic rings. The lowest BCUT2D eigenvalue weighted by Gasteiger charge is -2.15. The second-order valence-corrected chi connectivity index (χ2v) is 8.60. The monoisotopic (exact) mass is 523 g/mol. The largest absolute Gasteiger partial charge is 0.484 e. The fraction of sp³-hybridized carbons (Fsp3) is 0.0714. The van der Waals surface area contributed by atoms with Crippen molar-refractivity contribution in [2.45, 2.75) is 6.18 Å². The van der Waals surface area contributed by atoms with E-state index in [4.69, 9.17) is 20.8 Å². The highest BCUT2D eigenvalue weighted by atomic mass is 35.5. The molecule has 37 heavy (non-hydrogen) atoms. The zero-order valence-corrected chi connectivity index (χ0v) is 19.7. The standard InChI is InChI=1S/C28H17ClF3NO4/c29-17-8-10-18(11-9-17)33-24(34)15-36-19-12-13-22-23(14-19)37-27(28(30,31)32)25(26(22)35)21-7-3-5-16-4-1-2-6-20(16)21/h1-14H,15H2,(H,33,34).